The van der Waals surface area contributed by atoms with E-state index in [2.05, 4.69) is 14.1 Å². The van der Waals surface area contributed by atoms with Crippen LogP contribution >= 0.6 is 11.6 Å². The van der Waals surface area contributed by atoms with Gasteiger partial charge in [-0.15, -0.1) is 11.6 Å². The molecule has 0 spiro atoms. The first-order valence-corrected chi connectivity index (χ1v) is 4.73. The summed E-state index contributed by atoms with van der Waals surface area (Å²) in [6.07, 6.45) is -4.78. The summed E-state index contributed by atoms with van der Waals surface area (Å²) in [7, 11) is 0. The molecule has 0 aliphatic carbocycles. The first kappa shape index (κ1) is 12.8. The van der Waals surface area contributed by atoms with Gasteiger partial charge in [-0.1, -0.05) is 0 Å². The van der Waals surface area contributed by atoms with E-state index in [9.17, 15) is 18.0 Å². The number of oxazole rings is 1. The van der Waals surface area contributed by atoms with E-state index in [4.69, 9.17) is 11.6 Å². The van der Waals surface area contributed by atoms with Gasteiger partial charge in [-0.3, -0.25) is 0 Å². The van der Waals surface area contributed by atoms with Gasteiger partial charge in [0.1, 0.15) is 0 Å². The number of carbonyl (C=O) groups excluding carboxylic acids is 1. The molecule has 0 atom stereocenters. The number of nitrogens with zero attached hydrogens (tertiary/aromatic N) is 1. The third-order valence-corrected chi connectivity index (χ3v) is 1.74. The van der Waals surface area contributed by atoms with Crippen molar-refractivity contribution >= 4 is 17.6 Å². The van der Waals surface area contributed by atoms with Crippen LogP contribution in [-0.2, 0) is 16.8 Å². The Bertz CT molecular complexity index is 388. The Balaban J connectivity index is 3.15. The van der Waals surface area contributed by atoms with Gasteiger partial charge in [0.25, 0.3) is 0 Å². The van der Waals surface area contributed by atoms with Gasteiger partial charge in [0, 0.05) is 0 Å². The molecule has 1 rings (SSSR count). The Kier molecular flexibility index (Phi) is 3.79. The molecule has 0 unspecified atom stereocenters. The summed E-state index contributed by atoms with van der Waals surface area (Å²) >= 11 is 5.27. The third kappa shape index (κ3) is 2.66. The lowest BCUT2D eigenvalue weighted by molar-refractivity contribution is -0.141. The summed E-state index contributed by atoms with van der Waals surface area (Å²) in [5, 5.41) is 0. The van der Waals surface area contributed by atoms with Gasteiger partial charge in [0.05, 0.1) is 12.5 Å². The summed E-state index contributed by atoms with van der Waals surface area (Å²) < 4.78 is 46.2. The van der Waals surface area contributed by atoms with E-state index in [1.54, 1.807) is 0 Å². The van der Waals surface area contributed by atoms with Crippen LogP contribution in [0.2, 0.25) is 0 Å². The topological polar surface area (TPSA) is 52.3 Å². The number of hydrogen-bond acceptors (Lipinski definition) is 4. The summed E-state index contributed by atoms with van der Waals surface area (Å²) in [6.45, 7) is 1.40. The number of ether oxygens (including phenoxy) is 1. The van der Waals surface area contributed by atoms with E-state index >= 15 is 0 Å². The molecule has 0 fully saturated rings. The van der Waals surface area contributed by atoms with Crippen molar-refractivity contribution in [1.29, 1.82) is 0 Å². The zero-order chi connectivity index (χ0) is 12.3. The van der Waals surface area contributed by atoms with Crippen molar-refractivity contribution in [3.8, 4) is 0 Å². The van der Waals surface area contributed by atoms with Crippen LogP contribution in [0.3, 0.4) is 0 Å². The maximum Gasteiger partial charge on any atom is 0.437 e. The minimum Gasteiger partial charge on any atom is -0.460 e. The largest absolute Gasteiger partial charge is 0.460 e. The second-order valence-electron chi connectivity index (χ2n) is 2.64. The highest BCUT2D eigenvalue weighted by Gasteiger charge is 2.41. The number of carbonyl (C=O) groups is 1. The predicted octanol–water partition coefficient (Wildman–Crippen LogP) is 2.61. The van der Waals surface area contributed by atoms with Crippen LogP contribution in [0.5, 0.6) is 0 Å². The lowest BCUT2D eigenvalue weighted by Crippen LogP contribution is -2.14. The molecule has 1 aromatic heterocycles. The zero-order valence-corrected chi connectivity index (χ0v) is 8.85. The fourth-order valence-electron chi connectivity index (χ4n) is 0.949. The van der Waals surface area contributed by atoms with Crippen LogP contribution in [0.1, 0.15) is 29.1 Å². The van der Waals surface area contributed by atoms with Crippen molar-refractivity contribution in [2.45, 2.75) is 19.0 Å². The molecule has 0 saturated carbocycles. The zero-order valence-electron chi connectivity index (χ0n) is 8.10. The molecule has 16 heavy (non-hydrogen) atoms. The van der Waals surface area contributed by atoms with Gasteiger partial charge in [0.2, 0.25) is 11.7 Å². The summed E-state index contributed by atoms with van der Waals surface area (Å²) in [5.74, 6) is -2.91. The van der Waals surface area contributed by atoms with Crippen LogP contribution in [0.25, 0.3) is 0 Å². The van der Waals surface area contributed by atoms with Gasteiger partial charge < -0.3 is 9.15 Å². The minimum atomic E-state index is -4.78. The van der Waals surface area contributed by atoms with E-state index in [0.717, 1.165) is 0 Å². The Morgan fingerprint density at radius 2 is 2.19 bits per heavy atom. The fraction of sp³-hybridized carbons (Fsp3) is 0.500. The van der Waals surface area contributed by atoms with Gasteiger partial charge in [-0.25, -0.2) is 9.78 Å². The molecule has 4 nitrogen and oxygen atoms in total. The normalized spacial score (nSPS) is 11.6. The van der Waals surface area contributed by atoms with Crippen molar-refractivity contribution < 1.29 is 27.1 Å². The molecule has 0 bridgehead atoms. The monoisotopic (exact) mass is 257 g/mol. The van der Waals surface area contributed by atoms with E-state index < -0.39 is 23.6 Å². The van der Waals surface area contributed by atoms with Crippen molar-refractivity contribution in [3.05, 3.63) is 17.3 Å². The number of alkyl halides is 4. The van der Waals surface area contributed by atoms with Gasteiger partial charge in [-0.05, 0) is 6.92 Å². The molecule has 0 N–H and O–H groups in total. The average Bonchev–Trinajstić information content (AvgIpc) is 2.61. The number of esters is 1. The summed E-state index contributed by atoms with van der Waals surface area (Å²) in [5.41, 5.74) is -1.42. The number of aromatic nitrogens is 1. The molecule has 0 aliphatic heterocycles. The standard InChI is InChI=1S/C8H7ClF3NO3/c1-2-15-7(14)5-6(8(10,11)12)13-4(3-9)16-5/h2-3H2,1H3. The van der Waals surface area contributed by atoms with Gasteiger partial charge in [0.15, 0.2) is 5.69 Å². The average molecular weight is 258 g/mol. The van der Waals surface area contributed by atoms with Crippen molar-refractivity contribution in [1.82, 2.24) is 4.98 Å². The van der Waals surface area contributed by atoms with Gasteiger partial charge in [-0.2, -0.15) is 13.2 Å². The number of rotatable bonds is 3. The van der Waals surface area contributed by atoms with Crippen LogP contribution < -0.4 is 0 Å². The number of halogens is 4. The van der Waals surface area contributed by atoms with Crippen molar-refractivity contribution in [2.75, 3.05) is 6.61 Å². The molecule has 0 aromatic carbocycles. The Labute approximate surface area is 93.3 Å². The van der Waals surface area contributed by atoms with E-state index in [1.807, 2.05) is 0 Å². The molecule has 1 heterocycles. The quantitative estimate of drug-likeness (QED) is 0.617. The van der Waals surface area contributed by atoms with E-state index in [-0.39, 0.29) is 18.4 Å². The minimum absolute atomic E-state index is 0.0625. The van der Waals surface area contributed by atoms with Crippen LogP contribution in [0.4, 0.5) is 13.2 Å². The lowest BCUT2D eigenvalue weighted by Gasteiger charge is -2.03. The molecular weight excluding hydrogens is 251 g/mol. The molecular formula is C8H7ClF3NO3. The maximum atomic E-state index is 12.4. The molecule has 1 aromatic rings. The molecule has 0 saturated heterocycles. The van der Waals surface area contributed by atoms with Crippen LogP contribution in [-0.4, -0.2) is 17.6 Å². The second kappa shape index (κ2) is 4.73. The summed E-state index contributed by atoms with van der Waals surface area (Å²) in [4.78, 5) is 14.2. The first-order valence-electron chi connectivity index (χ1n) is 4.20. The van der Waals surface area contributed by atoms with E-state index in [1.165, 1.54) is 6.92 Å². The Morgan fingerprint density at radius 3 is 2.62 bits per heavy atom. The molecule has 8 heteroatoms. The third-order valence-electron chi connectivity index (χ3n) is 1.52. The fourth-order valence-corrected chi connectivity index (χ4v) is 1.06. The first-order chi connectivity index (χ1) is 7.40. The molecule has 0 radical (unpaired) electrons. The van der Waals surface area contributed by atoms with E-state index in [0.29, 0.717) is 0 Å². The maximum absolute atomic E-state index is 12.4. The Hall–Kier alpha value is -1.24. The highest BCUT2D eigenvalue weighted by atomic mass is 35.5. The Morgan fingerprint density at radius 1 is 1.56 bits per heavy atom. The van der Waals surface area contributed by atoms with Crippen molar-refractivity contribution in [2.24, 2.45) is 0 Å². The molecule has 0 amide bonds. The lowest BCUT2D eigenvalue weighted by atomic mass is 10.3. The smallest absolute Gasteiger partial charge is 0.437 e. The highest BCUT2D eigenvalue weighted by molar-refractivity contribution is 6.16. The second-order valence-corrected chi connectivity index (χ2v) is 2.90. The van der Waals surface area contributed by atoms with Crippen LogP contribution in [0, 0.1) is 0 Å². The molecule has 0 aliphatic rings. The number of hydrogen-bond donors (Lipinski definition) is 0. The predicted molar refractivity (Wildman–Crippen MR) is 47.0 cm³/mol. The van der Waals surface area contributed by atoms with Crippen LogP contribution in [0.15, 0.2) is 4.42 Å². The highest BCUT2D eigenvalue weighted by Crippen LogP contribution is 2.32. The summed E-state index contributed by atoms with van der Waals surface area (Å²) in [6, 6.07) is 0. The molecule has 90 valence electrons. The van der Waals surface area contributed by atoms with Gasteiger partial charge >= 0.3 is 12.1 Å². The SMILES string of the molecule is CCOC(=O)c1oc(CCl)nc1C(F)(F)F. The van der Waals surface area contributed by atoms with Crippen molar-refractivity contribution in [3.63, 3.8) is 0 Å².